The average Bonchev–Trinajstić information content (AvgIpc) is 3.11. The first-order chi connectivity index (χ1) is 10.2. The largest absolute Gasteiger partial charge is 0.378 e. The Morgan fingerprint density at radius 2 is 2.29 bits per heavy atom. The van der Waals surface area contributed by atoms with Gasteiger partial charge in [-0.3, -0.25) is 0 Å². The van der Waals surface area contributed by atoms with E-state index in [1.165, 1.54) is 10.4 Å². The van der Waals surface area contributed by atoms with Gasteiger partial charge in [0, 0.05) is 20.4 Å². The molecule has 0 aliphatic heterocycles. The minimum Gasteiger partial charge on any atom is -0.378 e. The zero-order valence-electron chi connectivity index (χ0n) is 11.5. The van der Waals surface area contributed by atoms with Crippen LogP contribution in [0.1, 0.15) is 23.4 Å². The number of thiophene rings is 1. The molecule has 1 atom stereocenters. The van der Waals surface area contributed by atoms with Gasteiger partial charge in [0.1, 0.15) is 12.7 Å². The zero-order chi connectivity index (χ0) is 14.7. The Morgan fingerprint density at radius 3 is 3.00 bits per heavy atom. The first-order valence-corrected chi connectivity index (χ1v) is 8.30. The Kier molecular flexibility index (Phi) is 4.36. The fourth-order valence-electron chi connectivity index (χ4n) is 2.14. The smallest absolute Gasteiger partial charge is 0.137 e. The van der Waals surface area contributed by atoms with Gasteiger partial charge in [-0.15, -0.1) is 11.3 Å². The SMILES string of the molecule is CC(Nc1cccc(Cn2cncn2)c1)c1cc(Br)cs1. The zero-order valence-corrected chi connectivity index (χ0v) is 13.9. The van der Waals surface area contributed by atoms with Crippen LogP contribution in [0.4, 0.5) is 5.69 Å². The highest BCUT2D eigenvalue weighted by molar-refractivity contribution is 9.10. The van der Waals surface area contributed by atoms with Crippen molar-refractivity contribution in [2.75, 3.05) is 5.32 Å². The summed E-state index contributed by atoms with van der Waals surface area (Å²) in [5.74, 6) is 0. The summed E-state index contributed by atoms with van der Waals surface area (Å²) in [6.07, 6.45) is 3.28. The van der Waals surface area contributed by atoms with Crippen LogP contribution in [0.5, 0.6) is 0 Å². The molecule has 4 nitrogen and oxygen atoms in total. The number of nitrogens with one attached hydrogen (secondary N) is 1. The predicted octanol–water partition coefficient (Wildman–Crippen LogP) is 4.32. The van der Waals surface area contributed by atoms with Crippen LogP contribution in [0, 0.1) is 0 Å². The van der Waals surface area contributed by atoms with Gasteiger partial charge < -0.3 is 5.32 Å². The summed E-state index contributed by atoms with van der Waals surface area (Å²) >= 11 is 5.25. The summed E-state index contributed by atoms with van der Waals surface area (Å²) in [7, 11) is 0. The maximum atomic E-state index is 4.13. The molecule has 3 rings (SSSR count). The molecule has 0 saturated carbocycles. The maximum Gasteiger partial charge on any atom is 0.137 e. The fraction of sp³-hybridized carbons (Fsp3) is 0.200. The van der Waals surface area contributed by atoms with E-state index in [1.807, 2.05) is 4.68 Å². The molecule has 0 saturated heterocycles. The molecule has 0 radical (unpaired) electrons. The number of aromatic nitrogens is 3. The van der Waals surface area contributed by atoms with Crippen molar-refractivity contribution in [2.24, 2.45) is 0 Å². The lowest BCUT2D eigenvalue weighted by atomic mass is 10.2. The first-order valence-electron chi connectivity index (χ1n) is 6.62. The van der Waals surface area contributed by atoms with Crippen LogP contribution in [0.2, 0.25) is 0 Å². The van der Waals surface area contributed by atoms with Crippen molar-refractivity contribution in [2.45, 2.75) is 19.5 Å². The van der Waals surface area contributed by atoms with Gasteiger partial charge in [-0.1, -0.05) is 12.1 Å². The summed E-state index contributed by atoms with van der Waals surface area (Å²) in [6.45, 7) is 2.90. The molecular formula is C15H15BrN4S. The molecule has 1 N–H and O–H groups in total. The van der Waals surface area contributed by atoms with E-state index in [1.54, 1.807) is 24.0 Å². The molecule has 2 aromatic heterocycles. The van der Waals surface area contributed by atoms with E-state index in [0.717, 1.165) is 16.7 Å². The van der Waals surface area contributed by atoms with Crippen molar-refractivity contribution >= 4 is 33.0 Å². The third-order valence-electron chi connectivity index (χ3n) is 3.14. The van der Waals surface area contributed by atoms with Crippen LogP contribution in [0.15, 0.2) is 52.8 Å². The number of halogens is 1. The van der Waals surface area contributed by atoms with Crippen LogP contribution < -0.4 is 5.32 Å². The molecule has 0 aliphatic rings. The summed E-state index contributed by atoms with van der Waals surface area (Å²) < 4.78 is 2.95. The Bertz CT molecular complexity index is 708. The molecule has 0 bridgehead atoms. The van der Waals surface area contributed by atoms with Crippen LogP contribution in [0.3, 0.4) is 0 Å². The van der Waals surface area contributed by atoms with E-state index in [4.69, 9.17) is 0 Å². The normalized spacial score (nSPS) is 12.3. The monoisotopic (exact) mass is 362 g/mol. The Balaban J connectivity index is 1.71. The topological polar surface area (TPSA) is 42.7 Å². The summed E-state index contributed by atoms with van der Waals surface area (Å²) in [5, 5.41) is 9.78. The molecular weight excluding hydrogens is 348 g/mol. The highest BCUT2D eigenvalue weighted by atomic mass is 79.9. The standard InChI is InChI=1S/C15H15BrN4S/c1-11(15-6-13(16)8-21-15)19-14-4-2-3-12(5-14)7-20-10-17-9-18-20/h2-6,8-11,19H,7H2,1H3. The molecule has 1 aromatic carbocycles. The Labute approximate surface area is 136 Å². The molecule has 0 fully saturated rings. The summed E-state index contributed by atoms with van der Waals surface area (Å²) in [4.78, 5) is 5.27. The number of nitrogens with zero attached hydrogens (tertiary/aromatic N) is 3. The molecule has 6 heteroatoms. The quantitative estimate of drug-likeness (QED) is 0.734. The van der Waals surface area contributed by atoms with Crippen LogP contribution in [-0.2, 0) is 6.54 Å². The first kappa shape index (κ1) is 14.3. The molecule has 108 valence electrons. The minimum atomic E-state index is 0.280. The lowest BCUT2D eigenvalue weighted by Crippen LogP contribution is -2.06. The lowest BCUT2D eigenvalue weighted by Gasteiger charge is -2.14. The van der Waals surface area contributed by atoms with Gasteiger partial charge in [0.2, 0.25) is 0 Å². The van der Waals surface area contributed by atoms with Crippen molar-refractivity contribution in [1.82, 2.24) is 14.8 Å². The molecule has 0 aliphatic carbocycles. The minimum absolute atomic E-state index is 0.280. The van der Waals surface area contributed by atoms with E-state index in [9.17, 15) is 0 Å². The van der Waals surface area contributed by atoms with Gasteiger partial charge in [-0.2, -0.15) is 5.10 Å². The van der Waals surface area contributed by atoms with Crippen LogP contribution >= 0.6 is 27.3 Å². The lowest BCUT2D eigenvalue weighted by molar-refractivity contribution is 0.685. The summed E-state index contributed by atoms with van der Waals surface area (Å²) in [5.41, 5.74) is 2.31. The fourth-order valence-corrected chi connectivity index (χ4v) is 3.59. The molecule has 2 heterocycles. The predicted molar refractivity (Wildman–Crippen MR) is 89.6 cm³/mol. The van der Waals surface area contributed by atoms with Crippen molar-refractivity contribution in [3.05, 3.63) is 63.3 Å². The van der Waals surface area contributed by atoms with Gasteiger partial charge in [0.25, 0.3) is 0 Å². The highest BCUT2D eigenvalue weighted by Crippen LogP contribution is 2.28. The van der Waals surface area contributed by atoms with Crippen LogP contribution in [0.25, 0.3) is 0 Å². The van der Waals surface area contributed by atoms with Gasteiger partial charge in [-0.25, -0.2) is 9.67 Å². The molecule has 0 amide bonds. The average molecular weight is 363 g/mol. The van der Waals surface area contributed by atoms with E-state index in [-0.39, 0.29) is 6.04 Å². The highest BCUT2D eigenvalue weighted by Gasteiger charge is 2.08. The maximum absolute atomic E-state index is 4.13. The van der Waals surface area contributed by atoms with Crippen molar-refractivity contribution in [3.63, 3.8) is 0 Å². The molecule has 3 aromatic rings. The van der Waals surface area contributed by atoms with Gasteiger partial charge in [0.05, 0.1) is 12.6 Å². The number of hydrogen-bond donors (Lipinski definition) is 1. The summed E-state index contributed by atoms with van der Waals surface area (Å²) in [6, 6.07) is 10.8. The van der Waals surface area contributed by atoms with E-state index in [2.05, 4.69) is 74.0 Å². The van der Waals surface area contributed by atoms with E-state index < -0.39 is 0 Å². The van der Waals surface area contributed by atoms with Crippen LogP contribution in [-0.4, -0.2) is 14.8 Å². The Hall–Kier alpha value is -1.66. The second kappa shape index (κ2) is 6.41. The van der Waals surface area contributed by atoms with Gasteiger partial charge in [-0.05, 0) is 46.6 Å². The second-order valence-electron chi connectivity index (χ2n) is 4.83. The van der Waals surface area contributed by atoms with E-state index >= 15 is 0 Å². The number of hydrogen-bond acceptors (Lipinski definition) is 4. The number of benzene rings is 1. The van der Waals surface area contributed by atoms with E-state index in [0.29, 0.717) is 0 Å². The second-order valence-corrected chi connectivity index (χ2v) is 6.69. The van der Waals surface area contributed by atoms with Crippen molar-refractivity contribution < 1.29 is 0 Å². The Morgan fingerprint density at radius 1 is 1.38 bits per heavy atom. The molecule has 0 spiro atoms. The van der Waals surface area contributed by atoms with Gasteiger partial charge >= 0.3 is 0 Å². The van der Waals surface area contributed by atoms with Crippen molar-refractivity contribution in [1.29, 1.82) is 0 Å². The molecule has 21 heavy (non-hydrogen) atoms. The number of anilines is 1. The third kappa shape index (κ3) is 3.71. The number of rotatable bonds is 5. The van der Waals surface area contributed by atoms with Gasteiger partial charge in [0.15, 0.2) is 0 Å². The molecule has 1 unspecified atom stereocenters. The third-order valence-corrected chi connectivity index (χ3v) is 5.01. The van der Waals surface area contributed by atoms with Crippen molar-refractivity contribution in [3.8, 4) is 0 Å².